The van der Waals surface area contributed by atoms with Crippen LogP contribution in [0.2, 0.25) is 0 Å². The molecular weight excluding hydrogens is 436 g/mol. The molecule has 3 amide bonds. The molecule has 0 spiro atoms. The van der Waals surface area contributed by atoms with Gasteiger partial charge in [-0.25, -0.2) is 9.59 Å². The Morgan fingerprint density at radius 3 is 2.32 bits per heavy atom. The van der Waals surface area contributed by atoms with Crippen LogP contribution in [0.15, 0.2) is 30.3 Å². The average Bonchev–Trinajstić information content (AvgIpc) is 3.20. The number of nitrogens with one attached hydrogen (secondary N) is 2. The second-order valence-electron chi connectivity index (χ2n) is 9.85. The lowest BCUT2D eigenvalue weighted by atomic mass is 9.53. The highest BCUT2D eigenvalue weighted by Gasteiger charge is 2.51. The Balaban J connectivity index is 1.19. The topological polar surface area (TPSA) is 128 Å². The molecule has 34 heavy (non-hydrogen) atoms. The minimum Gasteiger partial charge on any atom is -0.451 e. The fraction of sp³-hybridized carbons (Fsp3) is 0.500. The molecule has 4 fully saturated rings. The SMILES string of the molecule is Cc1nnnn1C(=Cc1ccccc1)C(=O)OCC(=O)NC(=O)NC12CC3CC(CC(C3)C1)C2. The Labute approximate surface area is 197 Å². The van der Waals surface area contributed by atoms with Crippen molar-refractivity contribution in [2.45, 2.75) is 51.0 Å². The molecule has 0 aliphatic heterocycles. The van der Waals surface area contributed by atoms with Crippen LogP contribution < -0.4 is 10.6 Å². The summed E-state index contributed by atoms with van der Waals surface area (Å²) in [6.07, 6.45) is 8.30. The Kier molecular flexibility index (Phi) is 5.89. The normalized spacial score (nSPS) is 27.3. The van der Waals surface area contributed by atoms with E-state index in [4.69, 9.17) is 4.74 Å². The van der Waals surface area contributed by atoms with E-state index in [-0.39, 0.29) is 11.2 Å². The van der Waals surface area contributed by atoms with Crippen LogP contribution in [-0.2, 0) is 14.3 Å². The van der Waals surface area contributed by atoms with Crippen molar-refractivity contribution in [1.82, 2.24) is 30.8 Å². The molecule has 4 bridgehead atoms. The van der Waals surface area contributed by atoms with Crippen molar-refractivity contribution in [3.05, 3.63) is 41.7 Å². The molecule has 1 aromatic heterocycles. The van der Waals surface area contributed by atoms with Gasteiger partial charge in [0.2, 0.25) is 0 Å². The maximum absolute atomic E-state index is 12.8. The summed E-state index contributed by atoms with van der Waals surface area (Å²) in [5.41, 5.74) is 0.585. The van der Waals surface area contributed by atoms with Gasteiger partial charge in [-0.15, -0.1) is 5.10 Å². The van der Waals surface area contributed by atoms with E-state index in [1.165, 1.54) is 23.9 Å². The van der Waals surface area contributed by atoms with Gasteiger partial charge in [-0.3, -0.25) is 10.1 Å². The van der Waals surface area contributed by atoms with Gasteiger partial charge < -0.3 is 10.1 Å². The van der Waals surface area contributed by atoms with Crippen LogP contribution in [0.1, 0.15) is 49.9 Å². The number of amides is 3. The summed E-state index contributed by atoms with van der Waals surface area (Å²) in [7, 11) is 0. The first-order valence-electron chi connectivity index (χ1n) is 11.7. The summed E-state index contributed by atoms with van der Waals surface area (Å²) >= 11 is 0. The number of benzene rings is 1. The van der Waals surface area contributed by atoms with Crippen molar-refractivity contribution >= 4 is 29.7 Å². The molecule has 2 N–H and O–H groups in total. The van der Waals surface area contributed by atoms with Crippen molar-refractivity contribution < 1.29 is 19.1 Å². The standard InChI is InChI=1S/C24H28N6O4/c1-15-27-28-29-30(15)20(10-16-5-3-2-4-6-16)22(32)34-14-21(31)25-23(33)26-24-11-17-7-18(12-24)9-19(8-17)13-24/h2-6,10,17-19H,7-9,11-14H2,1H3,(H2,25,26,31,33). The number of carbonyl (C=O) groups is 3. The zero-order chi connectivity index (χ0) is 23.7. The van der Waals surface area contributed by atoms with Gasteiger partial charge in [-0.1, -0.05) is 30.3 Å². The third kappa shape index (κ3) is 4.71. The highest BCUT2D eigenvalue weighted by Crippen LogP contribution is 2.55. The van der Waals surface area contributed by atoms with E-state index in [2.05, 4.69) is 26.2 Å². The monoisotopic (exact) mass is 464 g/mol. The van der Waals surface area contributed by atoms with Crippen molar-refractivity contribution in [2.24, 2.45) is 17.8 Å². The maximum atomic E-state index is 12.8. The molecule has 0 saturated heterocycles. The molecule has 10 heteroatoms. The molecule has 4 aliphatic carbocycles. The van der Waals surface area contributed by atoms with Gasteiger partial charge in [-0.05, 0) is 85.3 Å². The van der Waals surface area contributed by atoms with Crippen molar-refractivity contribution in [2.75, 3.05) is 6.61 Å². The first-order valence-corrected chi connectivity index (χ1v) is 11.7. The molecule has 0 atom stereocenters. The van der Waals surface area contributed by atoms with Crippen molar-refractivity contribution in [1.29, 1.82) is 0 Å². The van der Waals surface area contributed by atoms with Gasteiger partial charge >= 0.3 is 12.0 Å². The first-order chi connectivity index (χ1) is 16.4. The number of imide groups is 1. The predicted octanol–water partition coefficient (Wildman–Crippen LogP) is 2.32. The number of rotatable bonds is 6. The summed E-state index contributed by atoms with van der Waals surface area (Å²) in [5.74, 6) is 0.936. The summed E-state index contributed by atoms with van der Waals surface area (Å²) < 4.78 is 6.44. The van der Waals surface area contributed by atoms with E-state index in [0.717, 1.165) is 24.8 Å². The molecule has 0 radical (unpaired) electrons. The van der Waals surface area contributed by atoms with E-state index < -0.39 is 24.5 Å². The Morgan fingerprint density at radius 2 is 1.74 bits per heavy atom. The third-order valence-electron chi connectivity index (χ3n) is 7.17. The second kappa shape index (κ2) is 9.00. The lowest BCUT2D eigenvalue weighted by molar-refractivity contribution is -0.143. The predicted molar refractivity (Wildman–Crippen MR) is 122 cm³/mol. The van der Waals surface area contributed by atoms with Crippen LogP contribution in [0.4, 0.5) is 4.79 Å². The van der Waals surface area contributed by atoms with Crippen LogP contribution in [-0.4, -0.2) is 50.3 Å². The van der Waals surface area contributed by atoms with Gasteiger partial charge in [0.1, 0.15) is 0 Å². The quantitative estimate of drug-likeness (QED) is 0.496. The van der Waals surface area contributed by atoms with Gasteiger partial charge in [0.15, 0.2) is 18.1 Å². The third-order valence-corrected chi connectivity index (χ3v) is 7.17. The fourth-order valence-corrected chi connectivity index (χ4v) is 6.27. The molecule has 4 aliphatic rings. The summed E-state index contributed by atoms with van der Waals surface area (Å²) in [6, 6.07) is 8.62. The number of aryl methyl sites for hydroxylation is 1. The maximum Gasteiger partial charge on any atom is 0.357 e. The fourth-order valence-electron chi connectivity index (χ4n) is 6.27. The van der Waals surface area contributed by atoms with E-state index in [1.54, 1.807) is 13.0 Å². The number of tetrazole rings is 1. The van der Waals surface area contributed by atoms with E-state index in [9.17, 15) is 14.4 Å². The average molecular weight is 465 g/mol. The lowest BCUT2D eigenvalue weighted by Gasteiger charge is -2.56. The van der Waals surface area contributed by atoms with Crippen LogP contribution in [0, 0.1) is 24.7 Å². The number of nitrogens with zero attached hydrogens (tertiary/aromatic N) is 4. The van der Waals surface area contributed by atoms with Crippen LogP contribution in [0.3, 0.4) is 0 Å². The molecule has 2 aromatic rings. The molecule has 178 valence electrons. The highest BCUT2D eigenvalue weighted by atomic mass is 16.5. The molecule has 6 rings (SSSR count). The van der Waals surface area contributed by atoms with Gasteiger partial charge in [0, 0.05) is 5.54 Å². The van der Waals surface area contributed by atoms with E-state index >= 15 is 0 Å². The van der Waals surface area contributed by atoms with E-state index in [1.807, 2.05) is 30.3 Å². The van der Waals surface area contributed by atoms with Crippen molar-refractivity contribution in [3.8, 4) is 0 Å². The lowest BCUT2D eigenvalue weighted by Crippen LogP contribution is -2.62. The molecule has 1 aromatic carbocycles. The molecule has 1 heterocycles. The minimum absolute atomic E-state index is 0.0551. The number of ether oxygens (including phenoxy) is 1. The smallest absolute Gasteiger partial charge is 0.357 e. The number of aromatic nitrogens is 4. The summed E-state index contributed by atoms with van der Waals surface area (Å²) in [5, 5.41) is 16.6. The molecular formula is C24H28N6O4. The first kappa shape index (κ1) is 22.2. The highest BCUT2D eigenvalue weighted by molar-refractivity contribution is 6.15. The number of esters is 1. The Bertz CT molecular complexity index is 1090. The van der Waals surface area contributed by atoms with Crippen LogP contribution in [0.5, 0.6) is 0 Å². The largest absolute Gasteiger partial charge is 0.451 e. The number of hydrogen-bond acceptors (Lipinski definition) is 7. The van der Waals surface area contributed by atoms with E-state index in [0.29, 0.717) is 23.6 Å². The van der Waals surface area contributed by atoms with Gasteiger partial charge in [0.05, 0.1) is 0 Å². The molecule has 0 unspecified atom stereocenters. The zero-order valence-corrected chi connectivity index (χ0v) is 19.1. The molecule has 10 nitrogen and oxygen atoms in total. The number of urea groups is 1. The summed E-state index contributed by atoms with van der Waals surface area (Å²) in [6.45, 7) is 1.05. The van der Waals surface area contributed by atoms with Crippen LogP contribution in [0.25, 0.3) is 11.8 Å². The number of carbonyl (C=O) groups excluding carboxylic acids is 3. The minimum atomic E-state index is -0.782. The second-order valence-corrected chi connectivity index (χ2v) is 9.85. The Morgan fingerprint density at radius 1 is 1.09 bits per heavy atom. The van der Waals surface area contributed by atoms with Gasteiger partial charge in [0.25, 0.3) is 5.91 Å². The zero-order valence-electron chi connectivity index (χ0n) is 19.1. The van der Waals surface area contributed by atoms with Crippen molar-refractivity contribution in [3.63, 3.8) is 0 Å². The van der Waals surface area contributed by atoms with Crippen LogP contribution >= 0.6 is 0 Å². The van der Waals surface area contributed by atoms with Gasteiger partial charge in [-0.2, -0.15) is 4.68 Å². The summed E-state index contributed by atoms with van der Waals surface area (Å²) in [4.78, 5) is 37.7. The molecule has 4 saturated carbocycles. The number of hydrogen-bond donors (Lipinski definition) is 2. The Hall–Kier alpha value is -3.56.